The first-order valence-corrected chi connectivity index (χ1v) is 8.20. The maximum absolute atomic E-state index is 10.9. The number of aryl methyl sites for hydroxylation is 1. The lowest BCUT2D eigenvalue weighted by Crippen LogP contribution is -1.99. The van der Waals surface area contributed by atoms with E-state index in [0.717, 1.165) is 22.0 Å². The monoisotopic (exact) mass is 340 g/mol. The molecular weight excluding hydrogens is 324 g/mol. The van der Waals surface area contributed by atoms with Gasteiger partial charge in [0.15, 0.2) is 10.9 Å². The molecular formula is C18H16N2O3S. The van der Waals surface area contributed by atoms with Crippen LogP contribution in [0.5, 0.6) is 11.5 Å². The zero-order chi connectivity index (χ0) is 16.9. The van der Waals surface area contributed by atoms with E-state index in [-0.39, 0.29) is 6.42 Å². The Morgan fingerprint density at radius 1 is 1.17 bits per heavy atom. The summed E-state index contributed by atoms with van der Waals surface area (Å²) in [5.41, 5.74) is 1.50. The zero-order valence-electron chi connectivity index (χ0n) is 13.0. The average molecular weight is 340 g/mol. The van der Waals surface area contributed by atoms with Gasteiger partial charge in [-0.05, 0) is 31.2 Å². The molecule has 0 amide bonds. The van der Waals surface area contributed by atoms with Crippen LogP contribution in [0.2, 0.25) is 0 Å². The molecule has 2 aromatic carbocycles. The highest BCUT2D eigenvalue weighted by atomic mass is 32.1. The summed E-state index contributed by atoms with van der Waals surface area (Å²) in [6.45, 7) is 1.81. The quantitative estimate of drug-likeness (QED) is 0.685. The van der Waals surface area contributed by atoms with Gasteiger partial charge in [-0.1, -0.05) is 30.3 Å². The maximum atomic E-state index is 10.9. The number of aromatic nitrogens is 1. The number of ether oxygens (including phenoxy) is 1. The molecule has 5 nitrogen and oxygen atoms in total. The van der Waals surface area contributed by atoms with Crippen LogP contribution in [0.15, 0.2) is 54.6 Å². The molecule has 24 heavy (non-hydrogen) atoms. The second-order valence-electron chi connectivity index (χ2n) is 5.13. The number of carboxylic acids is 1. The first kappa shape index (κ1) is 16.0. The Morgan fingerprint density at radius 3 is 2.62 bits per heavy atom. The van der Waals surface area contributed by atoms with Crippen LogP contribution in [0.25, 0.3) is 0 Å². The van der Waals surface area contributed by atoms with Gasteiger partial charge in [0.05, 0.1) is 17.8 Å². The number of carbonyl (C=O) groups is 1. The molecule has 0 radical (unpaired) electrons. The molecule has 2 N–H and O–H groups in total. The molecule has 3 aromatic rings. The molecule has 6 heteroatoms. The molecule has 0 bridgehead atoms. The summed E-state index contributed by atoms with van der Waals surface area (Å²) in [5.74, 6) is 0.561. The van der Waals surface area contributed by atoms with E-state index in [2.05, 4.69) is 10.3 Å². The second-order valence-corrected chi connectivity index (χ2v) is 6.22. The van der Waals surface area contributed by atoms with E-state index in [1.54, 1.807) is 0 Å². The summed E-state index contributed by atoms with van der Waals surface area (Å²) in [6.07, 6.45) is -0.0205. The topological polar surface area (TPSA) is 71.5 Å². The number of anilines is 2. The van der Waals surface area contributed by atoms with Crippen LogP contribution >= 0.6 is 11.3 Å². The van der Waals surface area contributed by atoms with Gasteiger partial charge in [-0.25, -0.2) is 4.98 Å². The molecule has 0 saturated carbocycles. The summed E-state index contributed by atoms with van der Waals surface area (Å²) in [7, 11) is 0. The molecule has 0 atom stereocenters. The van der Waals surface area contributed by atoms with Gasteiger partial charge >= 0.3 is 5.97 Å². The Labute approximate surface area is 143 Å². The lowest BCUT2D eigenvalue weighted by molar-refractivity contribution is -0.136. The van der Waals surface area contributed by atoms with E-state index in [1.807, 2.05) is 61.5 Å². The van der Waals surface area contributed by atoms with E-state index in [1.165, 1.54) is 11.3 Å². The first-order valence-electron chi connectivity index (χ1n) is 7.39. The number of rotatable bonds is 6. The van der Waals surface area contributed by atoms with E-state index in [0.29, 0.717) is 10.9 Å². The van der Waals surface area contributed by atoms with Gasteiger partial charge in [-0.3, -0.25) is 4.79 Å². The second kappa shape index (κ2) is 7.14. The minimum absolute atomic E-state index is 0.0205. The van der Waals surface area contributed by atoms with Crippen LogP contribution < -0.4 is 10.1 Å². The van der Waals surface area contributed by atoms with Gasteiger partial charge in [0, 0.05) is 4.88 Å². The number of hydrogen-bond donors (Lipinski definition) is 2. The number of aliphatic carboxylic acids is 1. The summed E-state index contributed by atoms with van der Waals surface area (Å²) in [4.78, 5) is 16.0. The molecule has 0 unspecified atom stereocenters. The summed E-state index contributed by atoms with van der Waals surface area (Å²) >= 11 is 1.34. The molecule has 122 valence electrons. The molecule has 3 rings (SSSR count). The molecule has 1 aromatic heterocycles. The van der Waals surface area contributed by atoms with Crippen LogP contribution in [0.1, 0.15) is 10.6 Å². The normalized spacial score (nSPS) is 10.4. The molecule has 0 fully saturated rings. The summed E-state index contributed by atoms with van der Waals surface area (Å²) in [6, 6.07) is 17.1. The third kappa shape index (κ3) is 3.91. The highest BCUT2D eigenvalue weighted by Gasteiger charge is 2.12. The van der Waals surface area contributed by atoms with Crippen LogP contribution in [0.3, 0.4) is 0 Å². The largest absolute Gasteiger partial charge is 0.481 e. The fraction of sp³-hybridized carbons (Fsp3) is 0.111. The SMILES string of the molecule is Cc1nc(Nc2ccccc2Oc2ccccc2)sc1CC(=O)O. The Bertz CT molecular complexity index is 846. The van der Waals surface area contributed by atoms with Gasteiger partial charge in [0.25, 0.3) is 0 Å². The minimum atomic E-state index is -0.860. The first-order chi connectivity index (χ1) is 11.6. The van der Waals surface area contributed by atoms with Gasteiger partial charge in [0.2, 0.25) is 0 Å². The van der Waals surface area contributed by atoms with Crippen LogP contribution in [-0.2, 0) is 11.2 Å². The third-order valence-electron chi connectivity index (χ3n) is 3.30. The number of nitrogens with zero attached hydrogens (tertiary/aromatic N) is 1. The Hall–Kier alpha value is -2.86. The lowest BCUT2D eigenvalue weighted by atomic mass is 10.3. The number of benzene rings is 2. The standard InChI is InChI=1S/C18H16N2O3S/c1-12-16(11-17(21)22)24-18(19-12)20-14-9-5-6-10-15(14)23-13-7-3-2-4-8-13/h2-10H,11H2,1H3,(H,19,20)(H,21,22). The van der Waals surface area contributed by atoms with Gasteiger partial charge in [-0.2, -0.15) is 0 Å². The van der Waals surface area contributed by atoms with E-state index in [9.17, 15) is 4.79 Å². The molecule has 0 aliphatic carbocycles. The third-order valence-corrected chi connectivity index (χ3v) is 4.38. The fourth-order valence-electron chi connectivity index (χ4n) is 2.17. The molecule has 0 spiro atoms. The Morgan fingerprint density at radius 2 is 1.88 bits per heavy atom. The Kier molecular flexibility index (Phi) is 4.77. The van der Waals surface area contributed by atoms with E-state index >= 15 is 0 Å². The van der Waals surface area contributed by atoms with Crippen molar-refractivity contribution in [3.8, 4) is 11.5 Å². The minimum Gasteiger partial charge on any atom is -0.481 e. The van der Waals surface area contributed by atoms with Crippen molar-refractivity contribution >= 4 is 28.1 Å². The van der Waals surface area contributed by atoms with Crippen molar-refractivity contribution in [3.05, 3.63) is 65.2 Å². The van der Waals surface area contributed by atoms with Crippen molar-refractivity contribution < 1.29 is 14.6 Å². The van der Waals surface area contributed by atoms with E-state index < -0.39 is 5.97 Å². The van der Waals surface area contributed by atoms with Crippen molar-refractivity contribution in [2.45, 2.75) is 13.3 Å². The van der Waals surface area contributed by atoms with Gasteiger partial charge < -0.3 is 15.2 Å². The molecule has 0 aliphatic heterocycles. The van der Waals surface area contributed by atoms with Crippen molar-refractivity contribution in [2.24, 2.45) is 0 Å². The average Bonchev–Trinajstić information content (AvgIpc) is 2.89. The van der Waals surface area contributed by atoms with Gasteiger partial charge in [-0.15, -0.1) is 11.3 Å². The highest BCUT2D eigenvalue weighted by Crippen LogP contribution is 2.33. The lowest BCUT2D eigenvalue weighted by Gasteiger charge is -2.11. The zero-order valence-corrected chi connectivity index (χ0v) is 13.8. The number of carboxylic acid groups (broad SMARTS) is 1. The van der Waals surface area contributed by atoms with Crippen molar-refractivity contribution in [2.75, 3.05) is 5.32 Å². The van der Waals surface area contributed by atoms with Crippen molar-refractivity contribution in [3.63, 3.8) is 0 Å². The predicted molar refractivity (Wildman–Crippen MR) is 94.4 cm³/mol. The smallest absolute Gasteiger partial charge is 0.308 e. The highest BCUT2D eigenvalue weighted by molar-refractivity contribution is 7.15. The maximum Gasteiger partial charge on any atom is 0.308 e. The predicted octanol–water partition coefficient (Wildman–Crippen LogP) is 4.61. The molecule has 0 saturated heterocycles. The van der Waals surface area contributed by atoms with E-state index in [4.69, 9.17) is 9.84 Å². The van der Waals surface area contributed by atoms with Crippen LogP contribution in [0, 0.1) is 6.92 Å². The van der Waals surface area contributed by atoms with Crippen molar-refractivity contribution in [1.82, 2.24) is 4.98 Å². The Balaban J connectivity index is 1.82. The number of nitrogens with one attached hydrogen (secondary N) is 1. The summed E-state index contributed by atoms with van der Waals surface area (Å²) < 4.78 is 5.90. The van der Waals surface area contributed by atoms with Gasteiger partial charge in [0.1, 0.15) is 5.75 Å². The van der Waals surface area contributed by atoms with Crippen LogP contribution in [0.4, 0.5) is 10.8 Å². The number of hydrogen-bond acceptors (Lipinski definition) is 5. The van der Waals surface area contributed by atoms with Crippen LogP contribution in [-0.4, -0.2) is 16.1 Å². The number of para-hydroxylation sites is 3. The molecule has 1 heterocycles. The summed E-state index contributed by atoms with van der Waals surface area (Å²) in [5, 5.41) is 12.8. The number of thiazole rings is 1. The van der Waals surface area contributed by atoms with Crippen molar-refractivity contribution in [1.29, 1.82) is 0 Å². The molecule has 0 aliphatic rings. The fourth-order valence-corrected chi connectivity index (χ4v) is 3.14.